The summed E-state index contributed by atoms with van der Waals surface area (Å²) in [4.78, 5) is 72.6. The van der Waals surface area contributed by atoms with E-state index in [1.807, 2.05) is 0 Å². The van der Waals surface area contributed by atoms with Crippen LogP contribution in [0.25, 0.3) is 0 Å². The van der Waals surface area contributed by atoms with Gasteiger partial charge in [0.2, 0.25) is 0 Å². The monoisotopic (exact) mass is 1320 g/mol. The Hall–Kier alpha value is -1.94. The van der Waals surface area contributed by atoms with Gasteiger partial charge in [-0.2, -0.15) is 0 Å². The fourth-order valence-corrected chi connectivity index (χ4v) is 12.3. The molecule has 0 spiro atoms. The minimum atomic E-state index is -4.95. The van der Waals surface area contributed by atoms with Crippen LogP contribution in [-0.2, 0) is 65.4 Å². The topological polar surface area (TPSA) is 237 Å². The highest BCUT2D eigenvalue weighted by Gasteiger charge is 2.30. The molecule has 534 valence electrons. The molecule has 3 N–H and O–H groups in total. The smallest absolute Gasteiger partial charge is 0.462 e. The van der Waals surface area contributed by atoms with Crippen LogP contribution in [0.4, 0.5) is 0 Å². The number of aliphatic hydroxyl groups is 1. The molecular formula is C71H138O17P2. The van der Waals surface area contributed by atoms with Crippen molar-refractivity contribution < 1.29 is 80.2 Å². The molecule has 17 nitrogen and oxygen atoms in total. The third-order valence-corrected chi connectivity index (χ3v) is 18.4. The van der Waals surface area contributed by atoms with Crippen LogP contribution in [0.15, 0.2) is 0 Å². The molecule has 0 rings (SSSR count). The van der Waals surface area contributed by atoms with Gasteiger partial charge in [-0.05, 0) is 37.5 Å². The predicted molar refractivity (Wildman–Crippen MR) is 363 cm³/mol. The quantitative estimate of drug-likeness (QED) is 0.0222. The number of aliphatic hydroxyl groups excluding tert-OH is 1. The summed E-state index contributed by atoms with van der Waals surface area (Å²) < 4.78 is 68.3. The first-order chi connectivity index (χ1) is 43.4. The zero-order valence-corrected chi connectivity index (χ0v) is 60.2. The molecule has 0 aromatic heterocycles. The largest absolute Gasteiger partial charge is 0.472 e. The first-order valence-electron chi connectivity index (χ1n) is 37.0. The molecule has 0 fully saturated rings. The normalized spacial score (nSPS) is 14.1. The molecule has 0 aliphatic rings. The van der Waals surface area contributed by atoms with Gasteiger partial charge in [-0.15, -0.1) is 0 Å². The second kappa shape index (κ2) is 63.1. The van der Waals surface area contributed by atoms with E-state index in [1.54, 1.807) is 0 Å². The standard InChI is InChI=1S/C71H138O17P2/c1-7-9-11-13-15-17-19-25-29-36-42-48-54-69(74)82-59-66(87-70(75)55-49-43-37-30-26-22-20-21-24-27-33-39-45-51-63(3)4)61-85-89(77,78)83-57-65(72)58-84-90(79,80)86-62-67(88-71(76)56-50-44-38-32-31-34-40-46-52-64(5)6)60-81-68(73)53-47-41-35-28-23-18-16-14-12-10-8-2/h63-67,72H,7-62H2,1-6H3,(H,77,78)(H,79,80)/t65-,66-,67-/m1/s1. The van der Waals surface area contributed by atoms with Crippen molar-refractivity contribution in [1.82, 2.24) is 0 Å². The average molecular weight is 1330 g/mol. The predicted octanol–water partition coefficient (Wildman–Crippen LogP) is 20.4. The fourth-order valence-electron chi connectivity index (χ4n) is 10.8. The van der Waals surface area contributed by atoms with E-state index in [2.05, 4.69) is 41.5 Å². The van der Waals surface area contributed by atoms with Crippen molar-refractivity contribution in [2.24, 2.45) is 11.8 Å². The molecule has 0 saturated heterocycles. The Morgan fingerprint density at radius 1 is 0.300 bits per heavy atom. The maximum absolute atomic E-state index is 13.0. The molecule has 0 aliphatic heterocycles. The van der Waals surface area contributed by atoms with Crippen LogP contribution < -0.4 is 0 Å². The minimum Gasteiger partial charge on any atom is -0.462 e. The molecule has 0 amide bonds. The Kier molecular flexibility index (Phi) is 61.8. The Bertz CT molecular complexity index is 1750. The van der Waals surface area contributed by atoms with E-state index in [0.717, 1.165) is 102 Å². The second-order valence-electron chi connectivity index (χ2n) is 26.6. The summed E-state index contributed by atoms with van der Waals surface area (Å²) in [6, 6.07) is 0. The van der Waals surface area contributed by atoms with Crippen molar-refractivity contribution in [2.75, 3.05) is 39.6 Å². The first-order valence-corrected chi connectivity index (χ1v) is 40.0. The lowest BCUT2D eigenvalue weighted by atomic mass is 10.0. The average Bonchev–Trinajstić information content (AvgIpc) is 3.46. The summed E-state index contributed by atoms with van der Waals surface area (Å²) in [6.07, 6.45) is 48.5. The van der Waals surface area contributed by atoms with Gasteiger partial charge in [0.1, 0.15) is 19.3 Å². The van der Waals surface area contributed by atoms with E-state index in [9.17, 15) is 43.2 Å². The summed E-state index contributed by atoms with van der Waals surface area (Å²) in [6.45, 7) is 9.53. The van der Waals surface area contributed by atoms with Gasteiger partial charge in [0.25, 0.3) is 0 Å². The van der Waals surface area contributed by atoms with E-state index >= 15 is 0 Å². The van der Waals surface area contributed by atoms with Crippen LogP contribution >= 0.6 is 15.6 Å². The van der Waals surface area contributed by atoms with E-state index < -0.39 is 97.5 Å². The molecule has 2 unspecified atom stereocenters. The van der Waals surface area contributed by atoms with E-state index in [-0.39, 0.29) is 25.7 Å². The lowest BCUT2D eigenvalue weighted by molar-refractivity contribution is -0.161. The molecule has 0 heterocycles. The number of esters is 4. The molecule has 0 saturated carbocycles. The van der Waals surface area contributed by atoms with Crippen LogP contribution in [0.2, 0.25) is 0 Å². The number of unbranched alkanes of at least 4 members (excludes halogenated alkanes) is 40. The maximum atomic E-state index is 13.0. The Morgan fingerprint density at radius 2 is 0.511 bits per heavy atom. The molecule has 0 aliphatic carbocycles. The van der Waals surface area contributed by atoms with Crippen LogP contribution in [0.3, 0.4) is 0 Å². The van der Waals surface area contributed by atoms with Crippen LogP contribution in [0.5, 0.6) is 0 Å². The number of ether oxygens (including phenoxy) is 4. The van der Waals surface area contributed by atoms with Crippen molar-refractivity contribution in [3.8, 4) is 0 Å². The van der Waals surface area contributed by atoms with Gasteiger partial charge in [-0.3, -0.25) is 37.3 Å². The SMILES string of the molecule is CCCCCCCCCCCCCCC(=O)OC[C@H](COP(=O)(O)OC[C@@H](O)COP(=O)(O)OC[C@@H](COC(=O)CCCCCCCCCCCCC)OC(=O)CCCCCCCCCCC(C)C)OC(=O)CCCCCCCCCCCCCCCC(C)C. The molecule has 5 atom stereocenters. The van der Waals surface area contributed by atoms with Crippen LogP contribution in [-0.4, -0.2) is 96.7 Å². The first kappa shape index (κ1) is 88.1. The lowest BCUT2D eigenvalue weighted by Crippen LogP contribution is -2.30. The molecule has 90 heavy (non-hydrogen) atoms. The number of hydrogen-bond acceptors (Lipinski definition) is 15. The molecule has 0 aromatic carbocycles. The summed E-state index contributed by atoms with van der Waals surface area (Å²) >= 11 is 0. The number of carbonyl (C=O) groups is 4. The third kappa shape index (κ3) is 64.8. The van der Waals surface area contributed by atoms with E-state index in [4.69, 9.17) is 37.0 Å². The van der Waals surface area contributed by atoms with Gasteiger partial charge in [0.05, 0.1) is 26.4 Å². The van der Waals surface area contributed by atoms with Gasteiger partial charge >= 0.3 is 39.5 Å². The number of carbonyl (C=O) groups excluding carboxylic acids is 4. The third-order valence-electron chi connectivity index (χ3n) is 16.5. The summed E-state index contributed by atoms with van der Waals surface area (Å²) in [7, 11) is -9.90. The Balaban J connectivity index is 5.24. The highest BCUT2D eigenvalue weighted by atomic mass is 31.2. The van der Waals surface area contributed by atoms with Gasteiger partial charge in [0, 0.05) is 25.7 Å². The zero-order chi connectivity index (χ0) is 66.5. The highest BCUT2D eigenvalue weighted by Crippen LogP contribution is 2.45. The van der Waals surface area contributed by atoms with Crippen molar-refractivity contribution >= 4 is 39.5 Å². The van der Waals surface area contributed by atoms with Gasteiger partial charge in [0.15, 0.2) is 12.2 Å². The van der Waals surface area contributed by atoms with Crippen molar-refractivity contribution in [3.05, 3.63) is 0 Å². The molecular weight excluding hydrogens is 1190 g/mol. The highest BCUT2D eigenvalue weighted by molar-refractivity contribution is 7.47. The van der Waals surface area contributed by atoms with Crippen molar-refractivity contribution in [3.63, 3.8) is 0 Å². The molecule has 0 radical (unpaired) electrons. The minimum absolute atomic E-state index is 0.105. The van der Waals surface area contributed by atoms with E-state index in [0.29, 0.717) is 25.7 Å². The van der Waals surface area contributed by atoms with Gasteiger partial charge in [-0.1, -0.05) is 311 Å². The molecule has 0 aromatic rings. The summed E-state index contributed by atoms with van der Waals surface area (Å²) in [5.41, 5.74) is 0. The number of phosphoric acid groups is 2. The Morgan fingerprint density at radius 3 is 0.756 bits per heavy atom. The van der Waals surface area contributed by atoms with Crippen molar-refractivity contribution in [2.45, 2.75) is 381 Å². The fraction of sp³-hybridized carbons (Fsp3) is 0.944. The Labute approximate surface area is 549 Å². The van der Waals surface area contributed by atoms with Crippen molar-refractivity contribution in [1.29, 1.82) is 0 Å². The number of phosphoric ester groups is 2. The number of hydrogen-bond donors (Lipinski definition) is 3. The van der Waals surface area contributed by atoms with Gasteiger partial charge in [-0.25, -0.2) is 9.13 Å². The number of rotatable bonds is 70. The zero-order valence-electron chi connectivity index (χ0n) is 58.4. The maximum Gasteiger partial charge on any atom is 0.472 e. The second-order valence-corrected chi connectivity index (χ2v) is 29.5. The van der Waals surface area contributed by atoms with Crippen LogP contribution in [0.1, 0.15) is 363 Å². The van der Waals surface area contributed by atoms with Gasteiger partial charge < -0.3 is 33.8 Å². The molecule has 19 heteroatoms. The summed E-state index contributed by atoms with van der Waals surface area (Å²) in [5.74, 6) is -0.617. The lowest BCUT2D eigenvalue weighted by Gasteiger charge is -2.21. The molecule has 0 bridgehead atoms. The summed E-state index contributed by atoms with van der Waals surface area (Å²) in [5, 5.41) is 10.6. The van der Waals surface area contributed by atoms with E-state index in [1.165, 1.54) is 180 Å². The van der Waals surface area contributed by atoms with Crippen LogP contribution in [0, 0.1) is 11.8 Å².